The zero-order valence-corrected chi connectivity index (χ0v) is 11.6. The molecule has 0 unspecified atom stereocenters. The van der Waals surface area contributed by atoms with Gasteiger partial charge in [-0.3, -0.25) is 0 Å². The van der Waals surface area contributed by atoms with E-state index in [9.17, 15) is 0 Å². The second-order valence-electron chi connectivity index (χ2n) is 4.10. The standard InChI is InChI=1S/C14H14Cl2N2/c1-10-17-9-13(18-10)5-3-2-4-11-6-7-12(15)8-14(11)16/h3,5-9H,2,4H2,1H3,(H,17,18)/b5-3+. The summed E-state index contributed by atoms with van der Waals surface area (Å²) in [4.78, 5) is 7.29. The van der Waals surface area contributed by atoms with Gasteiger partial charge < -0.3 is 4.98 Å². The van der Waals surface area contributed by atoms with Crippen LogP contribution in [0.1, 0.15) is 23.5 Å². The fourth-order valence-electron chi connectivity index (χ4n) is 1.70. The van der Waals surface area contributed by atoms with E-state index in [0.717, 1.165) is 34.9 Å². The molecule has 2 rings (SSSR count). The number of aromatic amines is 1. The van der Waals surface area contributed by atoms with E-state index in [0.29, 0.717) is 5.02 Å². The first kappa shape index (κ1) is 13.2. The molecule has 1 aromatic heterocycles. The average molecular weight is 281 g/mol. The van der Waals surface area contributed by atoms with Crippen LogP contribution in [0.25, 0.3) is 6.08 Å². The highest BCUT2D eigenvalue weighted by Gasteiger charge is 1.99. The second kappa shape index (κ2) is 6.07. The summed E-state index contributed by atoms with van der Waals surface area (Å²) in [5.74, 6) is 0.926. The number of benzene rings is 1. The van der Waals surface area contributed by atoms with E-state index in [1.165, 1.54) is 0 Å². The lowest BCUT2D eigenvalue weighted by atomic mass is 10.1. The van der Waals surface area contributed by atoms with Gasteiger partial charge in [0.1, 0.15) is 5.82 Å². The maximum absolute atomic E-state index is 6.10. The molecule has 1 N–H and O–H groups in total. The Morgan fingerprint density at radius 3 is 2.83 bits per heavy atom. The quantitative estimate of drug-likeness (QED) is 0.866. The topological polar surface area (TPSA) is 28.7 Å². The van der Waals surface area contributed by atoms with Crippen molar-refractivity contribution in [2.24, 2.45) is 0 Å². The summed E-state index contributed by atoms with van der Waals surface area (Å²) >= 11 is 12.0. The van der Waals surface area contributed by atoms with Crippen LogP contribution in [0.2, 0.25) is 10.0 Å². The van der Waals surface area contributed by atoms with Crippen LogP contribution in [-0.2, 0) is 6.42 Å². The third-order valence-electron chi connectivity index (χ3n) is 2.62. The molecule has 0 aliphatic heterocycles. The van der Waals surface area contributed by atoms with E-state index in [2.05, 4.69) is 16.0 Å². The monoisotopic (exact) mass is 280 g/mol. The van der Waals surface area contributed by atoms with E-state index < -0.39 is 0 Å². The molecule has 0 aliphatic rings. The van der Waals surface area contributed by atoms with Gasteiger partial charge in [0.05, 0.1) is 11.9 Å². The molecule has 0 amide bonds. The molecule has 0 aliphatic carbocycles. The minimum atomic E-state index is 0.673. The van der Waals surface area contributed by atoms with Gasteiger partial charge in [-0.25, -0.2) is 4.98 Å². The number of halogens is 2. The summed E-state index contributed by atoms with van der Waals surface area (Å²) in [5, 5.41) is 1.40. The van der Waals surface area contributed by atoms with Crippen LogP contribution in [0.3, 0.4) is 0 Å². The number of hydrogen-bond acceptors (Lipinski definition) is 1. The minimum Gasteiger partial charge on any atom is -0.343 e. The Labute approximate surface area is 117 Å². The number of rotatable bonds is 4. The molecule has 94 valence electrons. The van der Waals surface area contributed by atoms with Crippen LogP contribution >= 0.6 is 23.2 Å². The van der Waals surface area contributed by atoms with Gasteiger partial charge in [-0.1, -0.05) is 35.3 Å². The van der Waals surface area contributed by atoms with Crippen LogP contribution in [0.15, 0.2) is 30.5 Å². The summed E-state index contributed by atoms with van der Waals surface area (Å²) in [6, 6.07) is 5.62. The fraction of sp³-hybridized carbons (Fsp3) is 0.214. The molecule has 0 saturated heterocycles. The van der Waals surface area contributed by atoms with Crippen molar-refractivity contribution >= 4 is 29.3 Å². The number of H-pyrrole nitrogens is 1. The van der Waals surface area contributed by atoms with Gasteiger partial charge in [0.25, 0.3) is 0 Å². The predicted octanol–water partition coefficient (Wildman–Crippen LogP) is 4.67. The molecule has 0 bridgehead atoms. The first-order valence-electron chi connectivity index (χ1n) is 5.77. The first-order chi connectivity index (χ1) is 8.65. The Morgan fingerprint density at radius 2 is 2.17 bits per heavy atom. The molecule has 0 fully saturated rings. The van der Waals surface area contributed by atoms with Crippen molar-refractivity contribution < 1.29 is 0 Å². The van der Waals surface area contributed by atoms with Crippen LogP contribution in [0, 0.1) is 6.92 Å². The summed E-state index contributed by atoms with van der Waals surface area (Å²) < 4.78 is 0. The number of imidazole rings is 1. The molecular formula is C14H14Cl2N2. The van der Waals surface area contributed by atoms with Crippen molar-refractivity contribution in [2.75, 3.05) is 0 Å². The third kappa shape index (κ3) is 3.62. The molecule has 2 nitrogen and oxygen atoms in total. The minimum absolute atomic E-state index is 0.673. The number of aromatic nitrogens is 2. The van der Waals surface area contributed by atoms with E-state index in [4.69, 9.17) is 23.2 Å². The number of allylic oxidation sites excluding steroid dienone is 1. The molecular weight excluding hydrogens is 267 g/mol. The highest BCUT2D eigenvalue weighted by Crippen LogP contribution is 2.22. The molecule has 0 atom stereocenters. The van der Waals surface area contributed by atoms with Gasteiger partial charge in [0.2, 0.25) is 0 Å². The van der Waals surface area contributed by atoms with Crippen molar-refractivity contribution in [3.05, 3.63) is 57.6 Å². The molecule has 0 saturated carbocycles. The summed E-state index contributed by atoms with van der Waals surface area (Å²) in [5.41, 5.74) is 2.14. The Balaban J connectivity index is 1.90. The molecule has 2 aromatic rings. The summed E-state index contributed by atoms with van der Waals surface area (Å²) in [6.07, 6.45) is 7.79. The Bertz CT molecular complexity index is 559. The summed E-state index contributed by atoms with van der Waals surface area (Å²) in [6.45, 7) is 1.94. The zero-order chi connectivity index (χ0) is 13.0. The van der Waals surface area contributed by atoms with Crippen LogP contribution in [0.5, 0.6) is 0 Å². The van der Waals surface area contributed by atoms with Gasteiger partial charge in [-0.05, 0) is 43.5 Å². The predicted molar refractivity (Wildman–Crippen MR) is 77.1 cm³/mol. The Kier molecular flexibility index (Phi) is 4.45. The highest BCUT2D eigenvalue weighted by molar-refractivity contribution is 6.35. The molecule has 1 aromatic carbocycles. The fourth-order valence-corrected chi connectivity index (χ4v) is 2.20. The van der Waals surface area contributed by atoms with Gasteiger partial charge in [-0.2, -0.15) is 0 Å². The largest absolute Gasteiger partial charge is 0.343 e. The van der Waals surface area contributed by atoms with Gasteiger partial charge in [0, 0.05) is 10.0 Å². The highest BCUT2D eigenvalue weighted by atomic mass is 35.5. The number of aryl methyl sites for hydroxylation is 2. The van der Waals surface area contributed by atoms with E-state index >= 15 is 0 Å². The van der Waals surface area contributed by atoms with Crippen molar-refractivity contribution in [1.82, 2.24) is 9.97 Å². The SMILES string of the molecule is Cc1ncc(/C=C/CCc2ccc(Cl)cc2Cl)[nH]1. The van der Waals surface area contributed by atoms with Crippen LogP contribution in [0.4, 0.5) is 0 Å². The third-order valence-corrected chi connectivity index (χ3v) is 3.20. The maximum atomic E-state index is 6.10. The summed E-state index contributed by atoms with van der Waals surface area (Å²) in [7, 11) is 0. The molecule has 0 radical (unpaired) electrons. The number of nitrogens with zero attached hydrogens (tertiary/aromatic N) is 1. The van der Waals surface area contributed by atoms with Crippen LogP contribution < -0.4 is 0 Å². The van der Waals surface area contributed by atoms with Crippen LogP contribution in [-0.4, -0.2) is 9.97 Å². The van der Waals surface area contributed by atoms with Crippen molar-refractivity contribution in [3.63, 3.8) is 0 Å². The first-order valence-corrected chi connectivity index (χ1v) is 6.53. The lowest BCUT2D eigenvalue weighted by Gasteiger charge is -2.02. The van der Waals surface area contributed by atoms with Crippen molar-refractivity contribution in [3.8, 4) is 0 Å². The van der Waals surface area contributed by atoms with Gasteiger partial charge >= 0.3 is 0 Å². The van der Waals surface area contributed by atoms with Gasteiger partial charge in [0.15, 0.2) is 0 Å². The average Bonchev–Trinajstić information content (AvgIpc) is 2.73. The van der Waals surface area contributed by atoms with E-state index in [-0.39, 0.29) is 0 Å². The molecule has 4 heteroatoms. The van der Waals surface area contributed by atoms with Crippen molar-refractivity contribution in [1.29, 1.82) is 0 Å². The van der Waals surface area contributed by atoms with E-state index in [1.54, 1.807) is 6.07 Å². The number of nitrogens with one attached hydrogen (secondary N) is 1. The Morgan fingerprint density at radius 1 is 1.33 bits per heavy atom. The molecule has 0 spiro atoms. The smallest absolute Gasteiger partial charge is 0.103 e. The second-order valence-corrected chi connectivity index (χ2v) is 4.94. The number of hydrogen-bond donors (Lipinski definition) is 1. The normalized spacial score (nSPS) is 11.3. The lowest BCUT2D eigenvalue weighted by molar-refractivity contribution is 1.01. The zero-order valence-electron chi connectivity index (χ0n) is 10.1. The maximum Gasteiger partial charge on any atom is 0.103 e. The molecule has 1 heterocycles. The molecule has 18 heavy (non-hydrogen) atoms. The Hall–Kier alpha value is -1.25. The van der Waals surface area contributed by atoms with Gasteiger partial charge in [-0.15, -0.1) is 0 Å². The van der Waals surface area contributed by atoms with Crippen molar-refractivity contribution in [2.45, 2.75) is 19.8 Å². The lowest BCUT2D eigenvalue weighted by Crippen LogP contribution is -1.85. The van der Waals surface area contributed by atoms with E-state index in [1.807, 2.05) is 31.3 Å².